The van der Waals surface area contributed by atoms with Gasteiger partial charge in [0.15, 0.2) is 0 Å². The molecule has 0 N–H and O–H groups in total. The number of esters is 1. The molecule has 1 rings (SSSR count). The lowest BCUT2D eigenvalue weighted by atomic mass is 10.1. The van der Waals surface area contributed by atoms with Crippen LogP contribution in [0.2, 0.25) is 4.34 Å². The average Bonchev–Trinajstić information content (AvgIpc) is 2.57. The Morgan fingerprint density at radius 3 is 2.40 bits per heavy atom. The van der Waals surface area contributed by atoms with Crippen LogP contribution in [0, 0.1) is 6.92 Å². The summed E-state index contributed by atoms with van der Waals surface area (Å²) < 4.78 is 5.36. The van der Waals surface area contributed by atoms with E-state index in [0.29, 0.717) is 9.90 Å². The molecule has 1 heterocycles. The van der Waals surface area contributed by atoms with E-state index < -0.39 is 0 Å². The molecule has 15 heavy (non-hydrogen) atoms. The highest BCUT2D eigenvalue weighted by molar-refractivity contribution is 7.16. The van der Waals surface area contributed by atoms with Crippen LogP contribution in [0.1, 0.15) is 41.6 Å². The maximum absolute atomic E-state index is 11.4. The average molecular weight is 249 g/mol. The van der Waals surface area contributed by atoms with Crippen LogP contribution < -0.4 is 0 Å². The van der Waals surface area contributed by atoms with Gasteiger partial charge in [-0.25, -0.2) is 4.79 Å². The van der Waals surface area contributed by atoms with Crippen LogP contribution in [0.3, 0.4) is 0 Å². The van der Waals surface area contributed by atoms with E-state index >= 15 is 0 Å². The van der Waals surface area contributed by atoms with Crippen molar-refractivity contribution in [2.75, 3.05) is 7.11 Å². The molecule has 0 fully saturated rings. The van der Waals surface area contributed by atoms with Crippen LogP contribution in [0.25, 0.3) is 0 Å². The molecule has 0 saturated heterocycles. The van der Waals surface area contributed by atoms with Gasteiger partial charge in [0.25, 0.3) is 0 Å². The smallest absolute Gasteiger partial charge is 0.339 e. The lowest BCUT2D eigenvalue weighted by Gasteiger charge is -2.00. The first-order valence-corrected chi connectivity index (χ1v) is 6.17. The van der Waals surface area contributed by atoms with Gasteiger partial charge in [-0.2, -0.15) is 0 Å². The fourth-order valence-electron chi connectivity index (χ4n) is 1.16. The van der Waals surface area contributed by atoms with Crippen LogP contribution in [-0.2, 0) is 11.2 Å². The quantitative estimate of drug-likeness (QED) is 0.737. The van der Waals surface area contributed by atoms with Crippen molar-refractivity contribution in [2.45, 2.75) is 34.1 Å². The molecule has 0 aliphatic heterocycles. The number of thiophene rings is 1. The third-order valence-electron chi connectivity index (χ3n) is 1.87. The number of ether oxygens (including phenoxy) is 1. The SMILES string of the molecule is CC.CCc1sc(Cl)c(C)c1C(=O)OC. The van der Waals surface area contributed by atoms with E-state index in [1.165, 1.54) is 18.4 Å². The summed E-state index contributed by atoms with van der Waals surface area (Å²) in [5.41, 5.74) is 1.47. The molecular weight excluding hydrogens is 232 g/mol. The molecule has 0 radical (unpaired) electrons. The Hall–Kier alpha value is -0.540. The lowest BCUT2D eigenvalue weighted by molar-refractivity contribution is 0.0599. The predicted octanol–water partition coefficient (Wildman–Crippen LogP) is 4.09. The van der Waals surface area contributed by atoms with Crippen molar-refractivity contribution in [1.29, 1.82) is 0 Å². The number of hydrogen-bond donors (Lipinski definition) is 0. The molecule has 1 aromatic rings. The van der Waals surface area contributed by atoms with E-state index in [4.69, 9.17) is 11.6 Å². The molecular formula is C11H17ClO2S. The topological polar surface area (TPSA) is 26.3 Å². The third-order valence-corrected chi connectivity index (χ3v) is 3.61. The van der Waals surface area contributed by atoms with Crippen LogP contribution in [0.4, 0.5) is 0 Å². The van der Waals surface area contributed by atoms with Crippen LogP contribution in [0.15, 0.2) is 0 Å². The summed E-state index contributed by atoms with van der Waals surface area (Å²) in [6, 6.07) is 0. The van der Waals surface area contributed by atoms with Crippen molar-refractivity contribution < 1.29 is 9.53 Å². The summed E-state index contributed by atoms with van der Waals surface area (Å²) in [6.07, 6.45) is 0.808. The standard InChI is InChI=1S/C9H11ClO2S.C2H6/c1-4-6-7(9(11)12-3)5(2)8(10)13-6;1-2/h4H2,1-3H3;1-2H3. The summed E-state index contributed by atoms with van der Waals surface area (Å²) >= 11 is 7.37. The molecule has 0 bridgehead atoms. The van der Waals surface area contributed by atoms with Gasteiger partial charge in [0.05, 0.1) is 17.0 Å². The molecule has 4 heteroatoms. The third kappa shape index (κ3) is 3.21. The Kier molecular flexibility index (Phi) is 6.61. The lowest BCUT2D eigenvalue weighted by Crippen LogP contribution is -2.04. The number of hydrogen-bond acceptors (Lipinski definition) is 3. The van der Waals surface area contributed by atoms with E-state index in [2.05, 4.69) is 4.74 Å². The van der Waals surface area contributed by atoms with E-state index in [-0.39, 0.29) is 5.97 Å². The highest BCUT2D eigenvalue weighted by Crippen LogP contribution is 2.32. The second-order valence-corrected chi connectivity index (χ2v) is 4.35. The van der Waals surface area contributed by atoms with Gasteiger partial charge in [-0.05, 0) is 18.9 Å². The molecule has 86 valence electrons. The molecule has 0 atom stereocenters. The van der Waals surface area contributed by atoms with Gasteiger partial charge in [-0.3, -0.25) is 0 Å². The minimum Gasteiger partial charge on any atom is -0.465 e. The Bertz CT molecular complexity index is 332. The summed E-state index contributed by atoms with van der Waals surface area (Å²) in [4.78, 5) is 12.3. The first kappa shape index (κ1) is 14.5. The van der Waals surface area contributed by atoms with Crippen molar-refractivity contribution in [1.82, 2.24) is 0 Å². The molecule has 1 aromatic heterocycles. The zero-order valence-corrected chi connectivity index (χ0v) is 11.4. The Morgan fingerprint density at radius 1 is 1.47 bits per heavy atom. The molecule has 0 spiro atoms. The summed E-state index contributed by atoms with van der Waals surface area (Å²) in [5, 5.41) is 0. The number of carbonyl (C=O) groups excluding carboxylic acids is 1. The first-order valence-electron chi connectivity index (χ1n) is 4.97. The van der Waals surface area contributed by atoms with Gasteiger partial charge < -0.3 is 4.74 Å². The molecule has 2 nitrogen and oxygen atoms in total. The predicted molar refractivity (Wildman–Crippen MR) is 66.1 cm³/mol. The van der Waals surface area contributed by atoms with Crippen molar-refractivity contribution in [3.8, 4) is 0 Å². The summed E-state index contributed by atoms with van der Waals surface area (Å²) in [5.74, 6) is -0.294. The minimum absolute atomic E-state index is 0.294. The van der Waals surface area contributed by atoms with E-state index in [1.54, 1.807) is 0 Å². The monoisotopic (exact) mass is 248 g/mol. The van der Waals surface area contributed by atoms with Crippen LogP contribution in [0.5, 0.6) is 0 Å². The zero-order chi connectivity index (χ0) is 12.0. The number of halogens is 1. The largest absolute Gasteiger partial charge is 0.465 e. The van der Waals surface area contributed by atoms with Gasteiger partial charge in [-0.15, -0.1) is 11.3 Å². The molecule has 0 aromatic carbocycles. The summed E-state index contributed by atoms with van der Waals surface area (Å²) in [6.45, 7) is 7.83. The fraction of sp³-hybridized carbons (Fsp3) is 0.545. The first-order chi connectivity index (χ1) is 7.11. The minimum atomic E-state index is -0.294. The van der Waals surface area contributed by atoms with Crippen molar-refractivity contribution in [3.05, 3.63) is 20.3 Å². The maximum atomic E-state index is 11.4. The zero-order valence-electron chi connectivity index (χ0n) is 9.81. The van der Waals surface area contributed by atoms with Crippen LogP contribution >= 0.6 is 22.9 Å². The fourth-order valence-corrected chi connectivity index (χ4v) is 2.49. The van der Waals surface area contributed by atoms with Gasteiger partial charge in [0.1, 0.15) is 0 Å². The van der Waals surface area contributed by atoms with E-state index in [0.717, 1.165) is 16.9 Å². The second-order valence-electron chi connectivity index (χ2n) is 2.64. The van der Waals surface area contributed by atoms with Gasteiger partial charge in [0, 0.05) is 4.88 Å². The number of carbonyl (C=O) groups is 1. The number of methoxy groups -OCH3 is 1. The maximum Gasteiger partial charge on any atom is 0.339 e. The van der Waals surface area contributed by atoms with Crippen molar-refractivity contribution in [3.63, 3.8) is 0 Å². The van der Waals surface area contributed by atoms with Gasteiger partial charge in [0.2, 0.25) is 0 Å². The second kappa shape index (κ2) is 6.85. The Morgan fingerprint density at radius 2 is 2.00 bits per heavy atom. The molecule has 0 aliphatic carbocycles. The van der Waals surface area contributed by atoms with E-state index in [9.17, 15) is 4.79 Å². The Balaban J connectivity index is 0.000000921. The van der Waals surface area contributed by atoms with Crippen LogP contribution in [-0.4, -0.2) is 13.1 Å². The van der Waals surface area contributed by atoms with Crippen molar-refractivity contribution >= 4 is 28.9 Å². The Labute approximate surface area is 100 Å². The number of aryl methyl sites for hydroxylation is 1. The molecule has 0 amide bonds. The summed E-state index contributed by atoms with van der Waals surface area (Å²) in [7, 11) is 1.38. The highest BCUT2D eigenvalue weighted by Gasteiger charge is 2.19. The number of rotatable bonds is 2. The molecule has 0 aliphatic rings. The van der Waals surface area contributed by atoms with Crippen molar-refractivity contribution in [2.24, 2.45) is 0 Å². The molecule has 0 saturated carbocycles. The van der Waals surface area contributed by atoms with E-state index in [1.807, 2.05) is 27.7 Å². The normalized spacial score (nSPS) is 9.20. The van der Waals surface area contributed by atoms with Gasteiger partial charge in [-0.1, -0.05) is 32.4 Å². The van der Waals surface area contributed by atoms with Gasteiger partial charge >= 0.3 is 5.97 Å². The highest BCUT2D eigenvalue weighted by atomic mass is 35.5. The molecule has 0 unspecified atom stereocenters.